The Morgan fingerprint density at radius 1 is 0.485 bits per heavy atom. The first-order valence-corrected chi connectivity index (χ1v) is 15.2. The number of hydrogen-bond acceptors (Lipinski definition) is 2. The molecule has 3 heteroatoms. The van der Waals surface area contributed by atoms with Crippen LogP contribution in [0.25, 0.3) is 0 Å². The second kappa shape index (κ2) is 27.7. The molecular weight excluding hydrogens is 404 g/mol. The highest BCUT2D eigenvalue weighted by Crippen LogP contribution is 2.14. The lowest BCUT2D eigenvalue weighted by Gasteiger charge is -2.20. The van der Waals surface area contributed by atoms with Crippen molar-refractivity contribution in [1.82, 2.24) is 10.2 Å². The van der Waals surface area contributed by atoms with E-state index in [2.05, 4.69) is 31.0 Å². The highest BCUT2D eigenvalue weighted by atomic mass is 16.1. The van der Waals surface area contributed by atoms with Crippen molar-refractivity contribution >= 4 is 5.91 Å². The van der Waals surface area contributed by atoms with Crippen molar-refractivity contribution < 1.29 is 4.79 Å². The van der Waals surface area contributed by atoms with Crippen molar-refractivity contribution in [2.45, 2.75) is 162 Å². The van der Waals surface area contributed by atoms with E-state index in [0.29, 0.717) is 6.42 Å². The number of carbonyl (C=O) groups is 1. The molecule has 33 heavy (non-hydrogen) atoms. The molecule has 1 amide bonds. The zero-order chi connectivity index (χ0) is 24.2. The van der Waals surface area contributed by atoms with Crippen molar-refractivity contribution in [1.29, 1.82) is 0 Å². The van der Waals surface area contributed by atoms with E-state index in [1.54, 1.807) is 0 Å². The van der Waals surface area contributed by atoms with Gasteiger partial charge in [0, 0.05) is 19.5 Å². The molecule has 0 saturated heterocycles. The molecule has 198 valence electrons. The van der Waals surface area contributed by atoms with E-state index in [4.69, 9.17) is 0 Å². The molecule has 0 bridgehead atoms. The summed E-state index contributed by atoms with van der Waals surface area (Å²) < 4.78 is 0. The average molecular weight is 467 g/mol. The summed E-state index contributed by atoms with van der Waals surface area (Å²) in [6.45, 7) is 10.8. The Hall–Kier alpha value is -0.570. The van der Waals surface area contributed by atoms with Gasteiger partial charge in [0.25, 0.3) is 0 Å². The lowest BCUT2D eigenvalue weighted by Crippen LogP contribution is -2.35. The molecule has 0 rings (SSSR count). The third-order valence-electron chi connectivity index (χ3n) is 6.84. The monoisotopic (exact) mass is 466 g/mol. The van der Waals surface area contributed by atoms with Gasteiger partial charge in [0.1, 0.15) is 0 Å². The SMILES string of the molecule is CCCCCCCCCCCCCCCCCCCCCC(=O)NCCN(CCC)CCC. The lowest BCUT2D eigenvalue weighted by molar-refractivity contribution is -0.121. The van der Waals surface area contributed by atoms with Crippen LogP contribution in [0.5, 0.6) is 0 Å². The van der Waals surface area contributed by atoms with Gasteiger partial charge in [-0.2, -0.15) is 0 Å². The Bertz CT molecular complexity index is 379. The van der Waals surface area contributed by atoms with Gasteiger partial charge in [0.2, 0.25) is 5.91 Å². The highest BCUT2D eigenvalue weighted by molar-refractivity contribution is 5.75. The minimum Gasteiger partial charge on any atom is -0.355 e. The summed E-state index contributed by atoms with van der Waals surface area (Å²) >= 11 is 0. The van der Waals surface area contributed by atoms with E-state index in [1.807, 2.05) is 0 Å². The summed E-state index contributed by atoms with van der Waals surface area (Å²) in [5.41, 5.74) is 0. The zero-order valence-electron chi connectivity index (χ0n) is 23.2. The van der Waals surface area contributed by atoms with Gasteiger partial charge in [-0.1, -0.05) is 136 Å². The van der Waals surface area contributed by atoms with Crippen LogP contribution < -0.4 is 5.32 Å². The number of hydrogen-bond donors (Lipinski definition) is 1. The first-order chi connectivity index (χ1) is 16.2. The Morgan fingerprint density at radius 2 is 0.848 bits per heavy atom. The number of carbonyl (C=O) groups excluding carboxylic acids is 1. The molecule has 0 fully saturated rings. The first-order valence-electron chi connectivity index (χ1n) is 15.2. The largest absolute Gasteiger partial charge is 0.355 e. The molecule has 0 aliphatic rings. The topological polar surface area (TPSA) is 32.3 Å². The summed E-state index contributed by atoms with van der Waals surface area (Å²) in [5.74, 6) is 0.245. The third-order valence-corrected chi connectivity index (χ3v) is 6.84. The van der Waals surface area contributed by atoms with Gasteiger partial charge in [-0.15, -0.1) is 0 Å². The number of rotatable bonds is 27. The summed E-state index contributed by atoms with van der Waals surface area (Å²) in [6.07, 6.45) is 29.5. The molecule has 0 aromatic carbocycles. The van der Waals surface area contributed by atoms with Gasteiger partial charge < -0.3 is 10.2 Å². The molecule has 0 heterocycles. The second-order valence-electron chi connectivity index (χ2n) is 10.3. The molecule has 0 spiro atoms. The van der Waals surface area contributed by atoms with Gasteiger partial charge in [0.05, 0.1) is 0 Å². The Labute approximate surface area is 209 Å². The van der Waals surface area contributed by atoms with E-state index >= 15 is 0 Å². The van der Waals surface area contributed by atoms with Crippen molar-refractivity contribution in [3.8, 4) is 0 Å². The maximum absolute atomic E-state index is 12.0. The molecule has 0 atom stereocenters. The van der Waals surface area contributed by atoms with Crippen LogP contribution in [0.15, 0.2) is 0 Å². The minimum atomic E-state index is 0.245. The summed E-state index contributed by atoms with van der Waals surface area (Å²) in [7, 11) is 0. The zero-order valence-corrected chi connectivity index (χ0v) is 23.2. The fourth-order valence-electron chi connectivity index (χ4n) is 4.77. The normalized spacial score (nSPS) is 11.4. The molecule has 0 aliphatic carbocycles. The maximum atomic E-state index is 12.0. The van der Waals surface area contributed by atoms with E-state index in [0.717, 1.165) is 32.6 Å². The summed E-state index contributed by atoms with van der Waals surface area (Å²) in [4.78, 5) is 14.4. The molecular formula is C30H62N2O. The van der Waals surface area contributed by atoms with Gasteiger partial charge in [0.15, 0.2) is 0 Å². The van der Waals surface area contributed by atoms with Crippen molar-refractivity contribution in [3.63, 3.8) is 0 Å². The fourth-order valence-corrected chi connectivity index (χ4v) is 4.77. The minimum absolute atomic E-state index is 0.245. The first kappa shape index (κ1) is 32.4. The Balaban J connectivity index is 3.23. The number of nitrogens with zero attached hydrogens (tertiary/aromatic N) is 1. The van der Waals surface area contributed by atoms with Crippen LogP contribution in [-0.2, 0) is 4.79 Å². The molecule has 1 N–H and O–H groups in total. The molecule has 3 nitrogen and oxygen atoms in total. The van der Waals surface area contributed by atoms with Crippen LogP contribution in [0, 0.1) is 0 Å². The van der Waals surface area contributed by atoms with E-state index in [9.17, 15) is 4.79 Å². The van der Waals surface area contributed by atoms with Gasteiger partial charge >= 0.3 is 0 Å². The molecule has 0 aliphatic heterocycles. The van der Waals surface area contributed by atoms with Gasteiger partial charge in [-0.25, -0.2) is 0 Å². The van der Waals surface area contributed by atoms with Crippen molar-refractivity contribution in [2.75, 3.05) is 26.2 Å². The van der Waals surface area contributed by atoms with E-state index in [1.165, 1.54) is 128 Å². The standard InChI is InChI=1S/C30H62N2O/c1-4-7-8-9-10-11-12-13-14-15-16-17-18-19-20-21-22-23-24-25-30(33)31-26-29-32(27-5-2)28-6-3/h4-29H2,1-3H3,(H,31,33). The smallest absolute Gasteiger partial charge is 0.220 e. The van der Waals surface area contributed by atoms with Crippen LogP contribution in [0.2, 0.25) is 0 Å². The van der Waals surface area contributed by atoms with E-state index in [-0.39, 0.29) is 5.91 Å². The summed E-state index contributed by atoms with van der Waals surface area (Å²) in [6, 6.07) is 0. The van der Waals surface area contributed by atoms with Crippen molar-refractivity contribution in [2.24, 2.45) is 0 Å². The van der Waals surface area contributed by atoms with E-state index < -0.39 is 0 Å². The number of unbranched alkanes of at least 4 members (excludes halogenated alkanes) is 18. The quantitative estimate of drug-likeness (QED) is 0.122. The maximum Gasteiger partial charge on any atom is 0.220 e. The van der Waals surface area contributed by atoms with Crippen LogP contribution in [0.4, 0.5) is 0 Å². The molecule has 0 radical (unpaired) electrons. The third kappa shape index (κ3) is 25.9. The van der Waals surface area contributed by atoms with Crippen LogP contribution in [0.1, 0.15) is 162 Å². The van der Waals surface area contributed by atoms with Gasteiger partial charge in [-0.3, -0.25) is 4.79 Å². The second-order valence-corrected chi connectivity index (χ2v) is 10.3. The average Bonchev–Trinajstić information content (AvgIpc) is 2.81. The molecule has 0 saturated carbocycles. The molecule has 0 aromatic rings. The summed E-state index contributed by atoms with van der Waals surface area (Å²) in [5, 5.41) is 3.11. The van der Waals surface area contributed by atoms with Crippen molar-refractivity contribution in [3.05, 3.63) is 0 Å². The number of amides is 1. The van der Waals surface area contributed by atoms with Gasteiger partial charge in [-0.05, 0) is 32.4 Å². The Kier molecular flexibility index (Phi) is 27.2. The molecule has 0 unspecified atom stereocenters. The fraction of sp³-hybridized carbons (Fsp3) is 0.967. The lowest BCUT2D eigenvalue weighted by atomic mass is 10.0. The predicted octanol–water partition coefficient (Wildman–Crippen LogP) is 9.05. The molecule has 0 aromatic heterocycles. The predicted molar refractivity (Wildman–Crippen MR) is 148 cm³/mol. The van der Waals surface area contributed by atoms with Crippen LogP contribution in [-0.4, -0.2) is 37.0 Å². The van der Waals surface area contributed by atoms with Crippen LogP contribution in [0.3, 0.4) is 0 Å². The van der Waals surface area contributed by atoms with Crippen LogP contribution >= 0.6 is 0 Å². The Morgan fingerprint density at radius 3 is 1.21 bits per heavy atom. The highest BCUT2D eigenvalue weighted by Gasteiger charge is 2.04. The number of nitrogens with one attached hydrogen (secondary N) is 1.